The highest BCUT2D eigenvalue weighted by atomic mass is 32.2. The topological polar surface area (TPSA) is 59.1 Å². The fourth-order valence-corrected chi connectivity index (χ4v) is 3.01. The van der Waals surface area contributed by atoms with Crippen molar-refractivity contribution in [2.75, 3.05) is 5.75 Å². The summed E-state index contributed by atoms with van der Waals surface area (Å²) in [6.07, 6.45) is 2.26. The number of aromatic nitrogens is 1. The molecule has 0 aliphatic heterocycles. The summed E-state index contributed by atoms with van der Waals surface area (Å²) in [4.78, 5) is 4.17. The van der Waals surface area contributed by atoms with E-state index in [4.69, 9.17) is 0 Å². The van der Waals surface area contributed by atoms with Crippen molar-refractivity contribution in [2.45, 2.75) is 32.7 Å². The Morgan fingerprint density at radius 3 is 2.56 bits per heavy atom. The highest BCUT2D eigenvalue weighted by Gasteiger charge is 2.27. The molecule has 0 atom stereocenters. The van der Waals surface area contributed by atoms with Crippen molar-refractivity contribution in [3.63, 3.8) is 0 Å². The molecule has 0 unspecified atom stereocenters. The second-order valence-corrected chi connectivity index (χ2v) is 6.10. The van der Waals surface area contributed by atoms with Crippen LogP contribution in [0.5, 0.6) is 0 Å². The molecule has 0 aliphatic rings. The summed E-state index contributed by atoms with van der Waals surface area (Å²) in [7, 11) is -3.23. The zero-order valence-electron chi connectivity index (χ0n) is 9.90. The van der Waals surface area contributed by atoms with Gasteiger partial charge in [0.1, 0.15) is 0 Å². The van der Waals surface area contributed by atoms with Gasteiger partial charge in [-0.1, -0.05) is 13.0 Å². The highest BCUT2D eigenvalue weighted by Crippen LogP contribution is 2.18. The van der Waals surface area contributed by atoms with Crippen LogP contribution in [0.25, 0.3) is 0 Å². The third-order valence-corrected chi connectivity index (χ3v) is 3.96. The number of nitrogens with one attached hydrogen (secondary N) is 1. The van der Waals surface area contributed by atoms with Crippen molar-refractivity contribution in [2.24, 2.45) is 0 Å². The lowest BCUT2D eigenvalue weighted by atomic mass is 10.0. The summed E-state index contributed by atoms with van der Waals surface area (Å²) in [5, 5.41) is 0. The molecule has 1 heterocycles. The monoisotopic (exact) mass is 242 g/mol. The molecular formula is C11H18N2O2S. The first kappa shape index (κ1) is 13.1. The zero-order valence-corrected chi connectivity index (χ0v) is 10.7. The first-order valence-electron chi connectivity index (χ1n) is 5.30. The van der Waals surface area contributed by atoms with Crippen LogP contribution in [0.2, 0.25) is 0 Å². The lowest BCUT2D eigenvalue weighted by Crippen LogP contribution is -2.42. The van der Waals surface area contributed by atoms with Gasteiger partial charge in [0, 0.05) is 6.20 Å². The number of hydrogen-bond acceptors (Lipinski definition) is 3. The molecule has 90 valence electrons. The molecule has 1 aromatic heterocycles. The molecule has 1 N–H and O–H groups in total. The van der Waals surface area contributed by atoms with Crippen molar-refractivity contribution < 1.29 is 8.42 Å². The maximum Gasteiger partial charge on any atom is 0.212 e. The van der Waals surface area contributed by atoms with Gasteiger partial charge in [-0.2, -0.15) is 0 Å². The summed E-state index contributed by atoms with van der Waals surface area (Å²) in [6.45, 7) is 5.46. The SMILES string of the molecule is CCCS(=O)(=O)NC(C)(C)c1ccccn1. The van der Waals surface area contributed by atoms with Gasteiger partial charge < -0.3 is 0 Å². The Kier molecular flexibility index (Phi) is 4.04. The maximum atomic E-state index is 11.7. The number of rotatable bonds is 5. The lowest BCUT2D eigenvalue weighted by Gasteiger charge is -2.25. The Balaban J connectivity index is 2.88. The van der Waals surface area contributed by atoms with Gasteiger partial charge in [0.15, 0.2) is 0 Å². The minimum atomic E-state index is -3.23. The summed E-state index contributed by atoms with van der Waals surface area (Å²) in [5.74, 6) is 0.142. The molecule has 1 aromatic rings. The van der Waals surface area contributed by atoms with Crippen molar-refractivity contribution in [3.05, 3.63) is 30.1 Å². The Bertz CT molecular complexity index is 427. The predicted octanol–water partition coefficient (Wildman–Crippen LogP) is 1.65. The molecule has 0 saturated carbocycles. The van der Waals surface area contributed by atoms with Crippen LogP contribution in [0.4, 0.5) is 0 Å². The van der Waals surface area contributed by atoms with E-state index in [9.17, 15) is 8.42 Å². The average molecular weight is 242 g/mol. The van der Waals surface area contributed by atoms with E-state index in [-0.39, 0.29) is 5.75 Å². The molecule has 5 heteroatoms. The molecule has 0 spiro atoms. The van der Waals surface area contributed by atoms with E-state index in [1.165, 1.54) is 0 Å². The zero-order chi connectivity index (χ0) is 12.2. The Hall–Kier alpha value is -0.940. The van der Waals surface area contributed by atoms with E-state index < -0.39 is 15.6 Å². The van der Waals surface area contributed by atoms with Crippen LogP contribution < -0.4 is 4.72 Å². The second-order valence-electron chi connectivity index (χ2n) is 4.26. The molecule has 0 fully saturated rings. The van der Waals surface area contributed by atoms with Gasteiger partial charge in [-0.15, -0.1) is 0 Å². The normalized spacial score (nSPS) is 12.7. The standard InChI is InChI=1S/C11H18N2O2S/c1-4-9-16(14,15)13-11(2,3)10-7-5-6-8-12-10/h5-8,13H,4,9H2,1-3H3. The second kappa shape index (κ2) is 4.93. The molecule has 0 radical (unpaired) electrons. The molecule has 0 saturated heterocycles. The molecule has 1 rings (SSSR count). The minimum absolute atomic E-state index is 0.142. The van der Waals surface area contributed by atoms with Crippen LogP contribution in [0.15, 0.2) is 24.4 Å². The summed E-state index contributed by atoms with van der Waals surface area (Å²) in [6, 6.07) is 5.47. The summed E-state index contributed by atoms with van der Waals surface area (Å²) >= 11 is 0. The summed E-state index contributed by atoms with van der Waals surface area (Å²) < 4.78 is 26.0. The number of hydrogen-bond donors (Lipinski definition) is 1. The fourth-order valence-electron chi connectivity index (χ4n) is 1.49. The van der Waals surface area contributed by atoms with Gasteiger partial charge in [-0.25, -0.2) is 13.1 Å². The average Bonchev–Trinajstić information content (AvgIpc) is 2.17. The van der Waals surface area contributed by atoms with Crippen molar-refractivity contribution in [1.82, 2.24) is 9.71 Å². The van der Waals surface area contributed by atoms with Gasteiger partial charge in [-0.3, -0.25) is 4.98 Å². The van der Waals surface area contributed by atoms with Crippen LogP contribution in [0.3, 0.4) is 0 Å². The van der Waals surface area contributed by atoms with Gasteiger partial charge in [0.25, 0.3) is 0 Å². The van der Waals surface area contributed by atoms with E-state index in [2.05, 4.69) is 9.71 Å². The van der Waals surface area contributed by atoms with Gasteiger partial charge in [0.05, 0.1) is 17.0 Å². The smallest absolute Gasteiger partial charge is 0.212 e. The van der Waals surface area contributed by atoms with Crippen LogP contribution in [0.1, 0.15) is 32.9 Å². The summed E-state index contributed by atoms with van der Waals surface area (Å²) in [5.41, 5.74) is 0.0459. The van der Waals surface area contributed by atoms with Crippen LogP contribution in [0, 0.1) is 0 Å². The lowest BCUT2D eigenvalue weighted by molar-refractivity contribution is 0.460. The maximum absolute atomic E-state index is 11.7. The van der Waals surface area contributed by atoms with E-state index >= 15 is 0 Å². The van der Waals surface area contributed by atoms with E-state index in [1.54, 1.807) is 12.3 Å². The largest absolute Gasteiger partial charge is 0.259 e. The van der Waals surface area contributed by atoms with Crippen LogP contribution in [-0.2, 0) is 15.6 Å². The highest BCUT2D eigenvalue weighted by molar-refractivity contribution is 7.89. The number of sulfonamides is 1. The molecule has 4 nitrogen and oxygen atoms in total. The fraction of sp³-hybridized carbons (Fsp3) is 0.545. The molecule has 0 bridgehead atoms. The van der Waals surface area contributed by atoms with E-state index in [1.807, 2.05) is 32.9 Å². The van der Waals surface area contributed by atoms with Gasteiger partial charge in [0.2, 0.25) is 10.0 Å². The third-order valence-electron chi connectivity index (χ3n) is 2.19. The molecular weight excluding hydrogens is 224 g/mol. The Morgan fingerprint density at radius 1 is 1.38 bits per heavy atom. The van der Waals surface area contributed by atoms with Gasteiger partial charge in [-0.05, 0) is 32.4 Å². The minimum Gasteiger partial charge on any atom is -0.259 e. The molecule has 0 aliphatic carbocycles. The van der Waals surface area contributed by atoms with Crippen molar-refractivity contribution >= 4 is 10.0 Å². The quantitative estimate of drug-likeness (QED) is 0.854. The third kappa shape index (κ3) is 3.57. The molecule has 0 amide bonds. The molecule has 0 aromatic carbocycles. The van der Waals surface area contributed by atoms with Crippen LogP contribution in [-0.4, -0.2) is 19.2 Å². The first-order chi connectivity index (χ1) is 7.37. The van der Waals surface area contributed by atoms with E-state index in [0.717, 1.165) is 5.69 Å². The number of nitrogens with zero attached hydrogens (tertiary/aromatic N) is 1. The Morgan fingerprint density at radius 2 is 2.06 bits per heavy atom. The van der Waals surface area contributed by atoms with Gasteiger partial charge >= 0.3 is 0 Å². The predicted molar refractivity (Wildman–Crippen MR) is 64.5 cm³/mol. The molecule has 16 heavy (non-hydrogen) atoms. The van der Waals surface area contributed by atoms with E-state index in [0.29, 0.717) is 6.42 Å². The Labute approximate surface area is 97.2 Å². The number of pyridine rings is 1. The van der Waals surface area contributed by atoms with Crippen LogP contribution >= 0.6 is 0 Å². The first-order valence-corrected chi connectivity index (χ1v) is 6.96. The van der Waals surface area contributed by atoms with Crippen molar-refractivity contribution in [3.8, 4) is 0 Å². The van der Waals surface area contributed by atoms with Crippen molar-refractivity contribution in [1.29, 1.82) is 0 Å².